The van der Waals surface area contributed by atoms with Crippen LogP contribution in [-0.2, 0) is 0 Å². The SMILES string of the molecule is Cc1cc(Nc2ncc(C)s2)nc([C@H]2CCCN2)n1. The molecule has 0 amide bonds. The van der Waals surface area contributed by atoms with E-state index in [0.29, 0.717) is 6.04 Å². The van der Waals surface area contributed by atoms with Crippen molar-refractivity contribution in [2.24, 2.45) is 0 Å². The second-order valence-electron chi connectivity index (χ2n) is 4.80. The van der Waals surface area contributed by atoms with E-state index in [1.807, 2.05) is 26.1 Å². The first-order valence-corrected chi connectivity index (χ1v) is 7.31. The van der Waals surface area contributed by atoms with Gasteiger partial charge in [0.25, 0.3) is 0 Å². The van der Waals surface area contributed by atoms with Crippen molar-refractivity contribution in [2.75, 3.05) is 11.9 Å². The van der Waals surface area contributed by atoms with Crippen molar-refractivity contribution >= 4 is 22.3 Å². The van der Waals surface area contributed by atoms with Crippen LogP contribution in [0.1, 0.15) is 35.3 Å². The molecule has 2 aromatic heterocycles. The van der Waals surface area contributed by atoms with Gasteiger partial charge in [0.1, 0.15) is 11.6 Å². The second-order valence-corrected chi connectivity index (χ2v) is 6.04. The Hall–Kier alpha value is -1.53. The predicted octanol–water partition coefficient (Wildman–Crippen LogP) is 2.72. The predicted molar refractivity (Wildman–Crippen MR) is 76.9 cm³/mol. The topological polar surface area (TPSA) is 62.7 Å². The number of thiazole rings is 1. The summed E-state index contributed by atoms with van der Waals surface area (Å²) in [6.45, 7) is 5.09. The first-order chi connectivity index (χ1) is 9.20. The van der Waals surface area contributed by atoms with Crippen molar-refractivity contribution < 1.29 is 0 Å². The van der Waals surface area contributed by atoms with Gasteiger partial charge in [0.2, 0.25) is 0 Å². The third-order valence-electron chi connectivity index (χ3n) is 3.10. The van der Waals surface area contributed by atoms with Gasteiger partial charge in [0, 0.05) is 22.8 Å². The molecule has 1 saturated heterocycles. The smallest absolute Gasteiger partial charge is 0.188 e. The summed E-state index contributed by atoms with van der Waals surface area (Å²) < 4.78 is 0. The van der Waals surface area contributed by atoms with E-state index < -0.39 is 0 Å². The van der Waals surface area contributed by atoms with Crippen LogP contribution in [0.4, 0.5) is 10.9 Å². The van der Waals surface area contributed by atoms with Crippen molar-refractivity contribution in [2.45, 2.75) is 32.7 Å². The summed E-state index contributed by atoms with van der Waals surface area (Å²) >= 11 is 1.63. The fraction of sp³-hybridized carbons (Fsp3) is 0.462. The highest BCUT2D eigenvalue weighted by atomic mass is 32.1. The van der Waals surface area contributed by atoms with Gasteiger partial charge in [-0.2, -0.15) is 0 Å². The Labute approximate surface area is 116 Å². The fourth-order valence-electron chi connectivity index (χ4n) is 2.24. The number of aromatic nitrogens is 3. The first-order valence-electron chi connectivity index (χ1n) is 6.49. The molecule has 5 nitrogen and oxygen atoms in total. The normalized spacial score (nSPS) is 18.7. The van der Waals surface area contributed by atoms with Crippen molar-refractivity contribution in [3.05, 3.63) is 28.7 Å². The highest BCUT2D eigenvalue weighted by Crippen LogP contribution is 2.24. The summed E-state index contributed by atoms with van der Waals surface area (Å²) in [6, 6.07) is 2.24. The summed E-state index contributed by atoms with van der Waals surface area (Å²) in [5.41, 5.74) is 0.981. The monoisotopic (exact) mass is 275 g/mol. The number of hydrogen-bond donors (Lipinski definition) is 2. The van der Waals surface area contributed by atoms with E-state index in [-0.39, 0.29) is 0 Å². The standard InChI is InChI=1S/C13H17N5S/c1-8-6-11(18-13-15-7-9(2)19-13)17-12(16-8)10-4-3-5-14-10/h6-7,10,14H,3-5H2,1-2H3,(H,15,16,17,18)/t10-/m1/s1. The third kappa shape index (κ3) is 2.90. The number of rotatable bonds is 3. The zero-order valence-corrected chi connectivity index (χ0v) is 11.9. The molecule has 3 heterocycles. The van der Waals surface area contributed by atoms with Gasteiger partial charge >= 0.3 is 0 Å². The Morgan fingerprint density at radius 1 is 1.37 bits per heavy atom. The minimum absolute atomic E-state index is 0.290. The molecule has 0 bridgehead atoms. The van der Waals surface area contributed by atoms with Gasteiger partial charge in [0.15, 0.2) is 5.13 Å². The van der Waals surface area contributed by atoms with Crippen LogP contribution in [0.15, 0.2) is 12.3 Å². The molecule has 0 spiro atoms. The van der Waals surface area contributed by atoms with Crippen LogP contribution >= 0.6 is 11.3 Å². The van der Waals surface area contributed by atoms with E-state index in [1.54, 1.807) is 11.3 Å². The molecule has 1 atom stereocenters. The Balaban J connectivity index is 1.84. The number of hydrogen-bond acceptors (Lipinski definition) is 6. The molecule has 0 aromatic carbocycles. The van der Waals surface area contributed by atoms with Crippen LogP contribution in [0.2, 0.25) is 0 Å². The largest absolute Gasteiger partial charge is 0.316 e. The van der Waals surface area contributed by atoms with Crippen LogP contribution in [0.25, 0.3) is 0 Å². The number of anilines is 2. The fourth-order valence-corrected chi connectivity index (χ4v) is 2.91. The van der Waals surface area contributed by atoms with Crippen molar-refractivity contribution in [3.63, 3.8) is 0 Å². The third-order valence-corrected chi connectivity index (χ3v) is 3.93. The Kier molecular flexibility index (Phi) is 3.44. The lowest BCUT2D eigenvalue weighted by Gasteiger charge is -2.11. The average Bonchev–Trinajstić information content (AvgIpc) is 3.00. The lowest BCUT2D eigenvalue weighted by Crippen LogP contribution is -2.16. The average molecular weight is 275 g/mol. The summed E-state index contributed by atoms with van der Waals surface area (Å²) in [7, 11) is 0. The lowest BCUT2D eigenvalue weighted by atomic mass is 10.2. The molecule has 0 radical (unpaired) electrons. The molecule has 1 fully saturated rings. The zero-order valence-electron chi connectivity index (χ0n) is 11.1. The summed E-state index contributed by atoms with van der Waals surface area (Å²) in [4.78, 5) is 14.6. The maximum absolute atomic E-state index is 4.60. The highest BCUT2D eigenvalue weighted by Gasteiger charge is 2.19. The van der Waals surface area contributed by atoms with E-state index in [2.05, 4.69) is 25.6 Å². The van der Waals surface area contributed by atoms with Crippen LogP contribution in [0, 0.1) is 13.8 Å². The Morgan fingerprint density at radius 2 is 2.26 bits per heavy atom. The summed E-state index contributed by atoms with van der Waals surface area (Å²) in [5, 5.41) is 7.56. The van der Waals surface area contributed by atoms with Gasteiger partial charge < -0.3 is 10.6 Å². The van der Waals surface area contributed by atoms with Gasteiger partial charge in [-0.1, -0.05) is 0 Å². The van der Waals surface area contributed by atoms with Gasteiger partial charge in [-0.05, 0) is 33.2 Å². The summed E-state index contributed by atoms with van der Waals surface area (Å²) in [5.74, 6) is 1.71. The molecule has 100 valence electrons. The molecule has 6 heteroatoms. The molecular weight excluding hydrogens is 258 g/mol. The Bertz CT molecular complexity index is 574. The number of aryl methyl sites for hydroxylation is 2. The Morgan fingerprint density at radius 3 is 2.95 bits per heavy atom. The van der Waals surface area contributed by atoms with E-state index in [4.69, 9.17) is 0 Å². The van der Waals surface area contributed by atoms with Crippen molar-refractivity contribution in [1.29, 1.82) is 0 Å². The zero-order chi connectivity index (χ0) is 13.2. The van der Waals surface area contributed by atoms with E-state index in [1.165, 1.54) is 11.3 Å². The van der Waals surface area contributed by atoms with E-state index in [9.17, 15) is 0 Å². The second kappa shape index (κ2) is 5.22. The maximum Gasteiger partial charge on any atom is 0.188 e. The van der Waals surface area contributed by atoms with Crippen LogP contribution in [-0.4, -0.2) is 21.5 Å². The van der Waals surface area contributed by atoms with Gasteiger partial charge in [0.05, 0.1) is 6.04 Å². The van der Waals surface area contributed by atoms with E-state index in [0.717, 1.165) is 35.4 Å². The minimum Gasteiger partial charge on any atom is -0.316 e. The number of nitrogens with one attached hydrogen (secondary N) is 2. The van der Waals surface area contributed by atoms with Crippen molar-refractivity contribution in [1.82, 2.24) is 20.3 Å². The molecule has 2 aromatic rings. The summed E-state index contributed by atoms with van der Waals surface area (Å²) in [6.07, 6.45) is 4.16. The molecule has 0 aliphatic carbocycles. The molecule has 1 aliphatic rings. The molecular formula is C13H17N5S. The first kappa shape index (κ1) is 12.5. The van der Waals surface area contributed by atoms with Gasteiger partial charge in [-0.3, -0.25) is 0 Å². The van der Waals surface area contributed by atoms with Crippen LogP contribution < -0.4 is 10.6 Å². The quantitative estimate of drug-likeness (QED) is 0.901. The van der Waals surface area contributed by atoms with Gasteiger partial charge in [-0.25, -0.2) is 15.0 Å². The van der Waals surface area contributed by atoms with E-state index >= 15 is 0 Å². The molecule has 0 unspecified atom stereocenters. The molecule has 2 N–H and O–H groups in total. The van der Waals surface area contributed by atoms with Crippen LogP contribution in [0.3, 0.4) is 0 Å². The molecule has 3 rings (SSSR count). The minimum atomic E-state index is 0.290. The molecule has 0 saturated carbocycles. The lowest BCUT2D eigenvalue weighted by molar-refractivity contribution is 0.603. The maximum atomic E-state index is 4.60. The van der Waals surface area contributed by atoms with Crippen molar-refractivity contribution in [3.8, 4) is 0 Å². The van der Waals surface area contributed by atoms with Gasteiger partial charge in [-0.15, -0.1) is 11.3 Å². The molecule has 1 aliphatic heterocycles. The number of nitrogens with zero attached hydrogens (tertiary/aromatic N) is 3. The van der Waals surface area contributed by atoms with Crippen LogP contribution in [0.5, 0.6) is 0 Å². The molecule has 19 heavy (non-hydrogen) atoms. The highest BCUT2D eigenvalue weighted by molar-refractivity contribution is 7.15.